The Balaban J connectivity index is 5.78. The van der Waals surface area contributed by atoms with Gasteiger partial charge in [0.2, 0.25) is 0 Å². The van der Waals surface area contributed by atoms with Crippen molar-refractivity contribution in [2.24, 2.45) is 0 Å². The van der Waals surface area contributed by atoms with Crippen LogP contribution in [0.5, 0.6) is 0 Å². The van der Waals surface area contributed by atoms with Crippen LogP contribution in [-0.4, -0.2) is 208 Å². The third-order valence-electron chi connectivity index (χ3n) is 34.8. The molecule has 0 atom stereocenters. The van der Waals surface area contributed by atoms with E-state index in [2.05, 4.69) is 295 Å². The van der Waals surface area contributed by atoms with Gasteiger partial charge in [0.15, 0.2) is 33.3 Å². The van der Waals surface area contributed by atoms with Crippen LogP contribution in [0.3, 0.4) is 0 Å². The molecule has 0 aromatic rings. The van der Waals surface area contributed by atoms with Gasteiger partial charge in [-0.05, 0) is 103 Å². The van der Waals surface area contributed by atoms with Gasteiger partial charge in [0.25, 0.3) is 11.8 Å². The molecule has 0 aromatic carbocycles. The van der Waals surface area contributed by atoms with E-state index in [1.165, 1.54) is 36.3 Å². The number of hydrogen-bond acceptors (Lipinski definition) is 5. The van der Waals surface area contributed by atoms with Crippen LogP contribution in [0.25, 0.3) is 0 Å². The summed E-state index contributed by atoms with van der Waals surface area (Å²) in [6.07, 6.45) is 0.0211. The molecule has 0 N–H and O–H groups in total. The van der Waals surface area contributed by atoms with Crippen molar-refractivity contribution in [1.82, 2.24) is 0 Å². The van der Waals surface area contributed by atoms with Crippen molar-refractivity contribution < 1.29 is 40.1 Å². The first kappa shape index (κ1) is 114. The first-order valence-electron chi connectivity index (χ1n) is 44.5. The Morgan fingerprint density at radius 2 is 0.418 bits per heavy atom. The molecule has 0 amide bonds. The lowest BCUT2D eigenvalue weighted by Gasteiger charge is -2.48. The van der Waals surface area contributed by atoms with Crippen molar-refractivity contribution in [2.75, 3.05) is 19.8 Å². The second-order valence-electron chi connectivity index (χ2n) is 51.4. The lowest BCUT2D eigenvalue weighted by atomic mass is 10.1. The molecule has 0 aliphatic rings. The Morgan fingerprint density at radius 1 is 0.264 bits per heavy atom. The molecule has 0 spiro atoms. The Kier molecular flexibility index (Phi) is 42.0. The summed E-state index contributed by atoms with van der Waals surface area (Å²) >= 11 is 0. The third kappa shape index (κ3) is 36.0. The predicted molar refractivity (Wildman–Crippen MR) is 559 cm³/mol. The molecule has 0 bridgehead atoms. The Bertz CT molecular complexity index is 2860. The highest BCUT2D eigenvalue weighted by atomic mass is 29.3. The monoisotopic (exact) mass is 1920 g/mol. The topological polar surface area (TPSA) is 54.0 Å². The summed E-state index contributed by atoms with van der Waals surface area (Å²) in [5.74, 6) is -7.22. The van der Waals surface area contributed by atoms with E-state index in [0.717, 1.165) is 18.5 Å². The molecular formula is C79H196F4O5Si22. The van der Waals surface area contributed by atoms with Crippen molar-refractivity contribution in [3.8, 4) is 0 Å². The number of carbonyl (C=O) groups is 1. The van der Waals surface area contributed by atoms with Gasteiger partial charge in [-0.1, -0.05) is 351 Å². The minimum atomic E-state index is -3.52. The van der Waals surface area contributed by atoms with E-state index in [0.29, 0.717) is 25.5 Å². The van der Waals surface area contributed by atoms with Crippen molar-refractivity contribution in [3.63, 3.8) is 0 Å². The van der Waals surface area contributed by atoms with E-state index in [1.807, 2.05) is 0 Å². The van der Waals surface area contributed by atoms with Crippen LogP contribution >= 0.6 is 0 Å². The number of ether oxygens (including phenoxy) is 2. The molecule has 0 radical (unpaired) electrons. The first-order chi connectivity index (χ1) is 48.0. The van der Waals surface area contributed by atoms with Crippen molar-refractivity contribution in [3.05, 3.63) is 12.2 Å². The van der Waals surface area contributed by atoms with Gasteiger partial charge in [0, 0.05) is 149 Å². The average molecular weight is 1920 g/mol. The SMILES string of the molecule is C=C(C)C(=O)OCCC[Si](C)(C)O[Si](C)(C)CC[Si](C)(C)[Si](C)(C)CC[Si](C)(C)[Si](C)(C)CC[Si](C)(C)[Si](C)(C)CC[Si](C)(C)[Si](C)(C)CC[Si](C)(C)[Si](C)(C)CC[Si](C)(C)[Si](C)(C)CC[Si](C)(C)[Si](C)(C)CC[Si](C)(C)[Si](C)(C)CC[Si](C)(C)[Si](C)(C)CC[Si](C)(C)O[Si](C)(C)CCCOCC(F)(F)CC(C)(F)F. The van der Waals surface area contributed by atoms with E-state index < -0.39 is 195 Å². The van der Waals surface area contributed by atoms with Crippen molar-refractivity contribution in [1.29, 1.82) is 0 Å². The molecule has 0 unspecified atom stereocenters. The van der Waals surface area contributed by atoms with Crippen LogP contribution in [-0.2, 0) is 22.5 Å². The number of rotatable bonds is 56. The summed E-state index contributed by atoms with van der Waals surface area (Å²) in [6.45, 7) is 127. The van der Waals surface area contributed by atoms with Crippen LogP contribution in [0.1, 0.15) is 33.1 Å². The lowest BCUT2D eigenvalue weighted by Crippen LogP contribution is -2.62. The van der Waals surface area contributed by atoms with Gasteiger partial charge < -0.3 is 17.7 Å². The molecule has 0 aliphatic carbocycles. The molecule has 5 nitrogen and oxygen atoms in total. The van der Waals surface area contributed by atoms with Gasteiger partial charge in [-0.3, -0.25) is 0 Å². The second-order valence-corrected chi connectivity index (χ2v) is 219. The van der Waals surface area contributed by atoms with E-state index in [-0.39, 0.29) is 12.6 Å². The highest BCUT2D eigenvalue weighted by Crippen LogP contribution is 2.46. The number of alkyl halides is 4. The van der Waals surface area contributed by atoms with Crippen LogP contribution < -0.4 is 0 Å². The fraction of sp³-hybridized carbons (Fsp3) is 0.962. The van der Waals surface area contributed by atoms with Gasteiger partial charge >= 0.3 is 5.97 Å². The minimum Gasteiger partial charge on any atom is -0.462 e. The molecule has 31 heteroatoms. The number of esters is 1. The maximum Gasteiger partial charge on any atom is 0.333 e. The molecule has 0 aromatic heterocycles. The van der Waals surface area contributed by atoms with Crippen molar-refractivity contribution in [2.45, 2.75) is 466 Å². The van der Waals surface area contributed by atoms with E-state index in [4.69, 9.17) is 17.7 Å². The first-order valence-corrected chi connectivity index (χ1v) is 124. The Hall–Kier alpha value is 3.58. The fourth-order valence-electron chi connectivity index (χ4n) is 16.1. The van der Waals surface area contributed by atoms with Crippen LogP contribution in [0, 0.1) is 0 Å². The summed E-state index contributed by atoms with van der Waals surface area (Å²) < 4.78 is 79.5. The van der Waals surface area contributed by atoms with Gasteiger partial charge in [0.05, 0.1) is 13.0 Å². The van der Waals surface area contributed by atoms with E-state index in [1.54, 1.807) is 91.5 Å². The Labute approximate surface area is 707 Å². The van der Waals surface area contributed by atoms with E-state index in [9.17, 15) is 22.4 Å². The predicted octanol–water partition coefficient (Wildman–Crippen LogP) is 30.9. The van der Waals surface area contributed by atoms with Crippen LogP contribution in [0.2, 0.25) is 421 Å². The van der Waals surface area contributed by atoms with E-state index >= 15 is 0 Å². The zero-order valence-corrected chi connectivity index (χ0v) is 105. The lowest BCUT2D eigenvalue weighted by molar-refractivity contribution is -0.139. The number of halogens is 4. The standard InChI is InChI=1S/C79H196F4O5Si22/c1-76(2)77(84)86-51-49-53-90(6,7)88-92(10,11)55-57-94(14,15)96(18,19)59-61-98(22,23)100(26,27)63-65-102(30,31)104(34,35)67-69-106(38,39)108(42,43)71-73-110(46,47)109(44,45)72-70-107(40,41)105(36,37)68-66-103(32,33)101(28,29)64-62-99(24,25)97(20,21)60-58-95(16,17)93(12,13)56-54-91(8,9)87-89(4,5)52-48-50-85-75-79(82,83)74-78(3,80)81/h1,48-75H2,2-47H3. The van der Waals surface area contributed by atoms with Crippen LogP contribution in [0.4, 0.5) is 17.6 Å². The number of hydrogen-bond donors (Lipinski definition) is 0. The quantitative estimate of drug-likeness (QED) is 0.0200. The van der Waals surface area contributed by atoms with Gasteiger partial charge in [-0.25, -0.2) is 22.4 Å². The summed E-state index contributed by atoms with van der Waals surface area (Å²) in [7, 11) is -33.1. The highest BCUT2D eigenvalue weighted by Gasteiger charge is 2.54. The van der Waals surface area contributed by atoms with Gasteiger partial charge in [0.1, 0.15) is 6.61 Å². The molecule has 658 valence electrons. The molecule has 0 saturated carbocycles. The zero-order chi connectivity index (χ0) is 87.8. The molecule has 0 saturated heterocycles. The molecule has 0 fully saturated rings. The molecule has 0 rings (SSSR count). The summed E-state index contributed by atoms with van der Waals surface area (Å²) in [6, 6.07) is 32.3. The fourth-order valence-corrected chi connectivity index (χ4v) is 151. The summed E-state index contributed by atoms with van der Waals surface area (Å²) in [5.41, 5.74) is 0.475. The maximum absolute atomic E-state index is 14.0. The number of carbonyl (C=O) groups excluding carboxylic acids is 1. The second kappa shape index (κ2) is 40.7. The largest absolute Gasteiger partial charge is 0.462 e. The summed E-state index contributed by atoms with van der Waals surface area (Å²) in [4.78, 5) is 12.0. The Morgan fingerprint density at radius 3 is 0.582 bits per heavy atom. The normalized spacial score (nSPS) is 15.7. The maximum atomic E-state index is 14.0. The molecule has 110 heavy (non-hydrogen) atoms. The zero-order valence-electron chi connectivity index (χ0n) is 83.1. The minimum absolute atomic E-state index is 0.151. The third-order valence-corrected chi connectivity index (χ3v) is 227. The molecular weight excluding hydrogens is 1720 g/mol. The smallest absolute Gasteiger partial charge is 0.333 e. The van der Waals surface area contributed by atoms with Crippen molar-refractivity contribution >= 4 is 176 Å². The average Bonchev–Trinajstić information content (AvgIpc) is 0.784. The van der Waals surface area contributed by atoms with Gasteiger partial charge in [-0.2, -0.15) is 0 Å². The summed E-state index contributed by atoms with van der Waals surface area (Å²) in [5, 5.41) is 0. The molecule has 0 heterocycles. The van der Waals surface area contributed by atoms with Gasteiger partial charge in [-0.15, -0.1) is 0 Å². The molecule has 0 aliphatic heterocycles. The van der Waals surface area contributed by atoms with Crippen LogP contribution in [0.15, 0.2) is 12.2 Å². The highest BCUT2D eigenvalue weighted by molar-refractivity contribution is 7.48.